The maximum atomic E-state index is 12.7. The molecule has 3 aromatic rings. The minimum atomic E-state index is -3.68. The number of likely N-dealkylation sites (N-methyl/N-ethyl adjacent to an activating group) is 1. The number of aliphatic hydroxyl groups excluding tert-OH is 1. The summed E-state index contributed by atoms with van der Waals surface area (Å²) in [4.78, 5) is 11.4. The van der Waals surface area contributed by atoms with Gasteiger partial charge < -0.3 is 9.67 Å². The summed E-state index contributed by atoms with van der Waals surface area (Å²) in [7, 11) is -2.23. The van der Waals surface area contributed by atoms with Gasteiger partial charge in [0, 0.05) is 42.8 Å². The number of aromatic nitrogens is 1. The Hall–Kier alpha value is -2.48. The van der Waals surface area contributed by atoms with Crippen molar-refractivity contribution in [3.8, 4) is 0 Å². The highest BCUT2D eigenvalue weighted by atomic mass is 32.2. The average Bonchev–Trinajstić information content (AvgIpc) is 2.99. The molecule has 2 aromatic carbocycles. The van der Waals surface area contributed by atoms with E-state index in [0.29, 0.717) is 5.56 Å². The molecular weight excluding hydrogens is 364 g/mol. The summed E-state index contributed by atoms with van der Waals surface area (Å²) in [6.45, 7) is 2.01. The van der Waals surface area contributed by atoms with Crippen molar-refractivity contribution in [2.24, 2.45) is 0 Å². The molecular formula is C20H22N2O4S. The highest BCUT2D eigenvalue weighted by molar-refractivity contribution is 7.89. The van der Waals surface area contributed by atoms with Crippen molar-refractivity contribution >= 4 is 27.2 Å². The number of aryl methyl sites for hydroxylation is 1. The number of aliphatic hydroxyl groups is 1. The molecule has 0 radical (unpaired) electrons. The van der Waals surface area contributed by atoms with Crippen LogP contribution in [0.4, 0.5) is 0 Å². The molecule has 0 saturated carbocycles. The Morgan fingerprint density at radius 3 is 2.48 bits per heavy atom. The third kappa shape index (κ3) is 3.95. The predicted octanol–water partition coefficient (Wildman–Crippen LogP) is 2.44. The van der Waals surface area contributed by atoms with Crippen molar-refractivity contribution in [2.75, 3.05) is 13.6 Å². The first-order valence-corrected chi connectivity index (χ1v) is 10.0. The molecule has 7 heteroatoms. The van der Waals surface area contributed by atoms with Gasteiger partial charge in [-0.2, -0.15) is 4.31 Å². The zero-order valence-electron chi connectivity index (χ0n) is 15.2. The summed E-state index contributed by atoms with van der Waals surface area (Å²) in [5.41, 5.74) is 2.34. The fourth-order valence-electron chi connectivity index (χ4n) is 3.09. The number of carbonyl (C=O) groups is 1. The summed E-state index contributed by atoms with van der Waals surface area (Å²) in [6.07, 6.45) is 1.53. The maximum absolute atomic E-state index is 12.7. The van der Waals surface area contributed by atoms with Crippen LogP contribution in [0, 0.1) is 6.92 Å². The highest BCUT2D eigenvalue weighted by Gasteiger charge is 2.23. The molecule has 0 aliphatic heterocycles. The number of aldehydes is 1. The molecule has 3 rings (SSSR count). The molecule has 0 amide bonds. The van der Waals surface area contributed by atoms with Crippen LogP contribution < -0.4 is 0 Å². The second-order valence-corrected chi connectivity index (χ2v) is 8.67. The van der Waals surface area contributed by atoms with Gasteiger partial charge in [0.05, 0.1) is 11.0 Å². The van der Waals surface area contributed by atoms with Crippen LogP contribution in [0.1, 0.15) is 15.9 Å². The van der Waals surface area contributed by atoms with Gasteiger partial charge in [0.15, 0.2) is 6.29 Å². The Labute approximate surface area is 158 Å². The third-order valence-corrected chi connectivity index (χ3v) is 6.39. The SMILES string of the molecule is Cc1ccc(S(=O)(=O)N(C)CC(O)Cn2cc(C=O)c3ccccc32)cc1. The van der Waals surface area contributed by atoms with Crippen LogP contribution in [0.2, 0.25) is 0 Å². The molecule has 1 aromatic heterocycles. The topological polar surface area (TPSA) is 79.6 Å². The molecule has 1 unspecified atom stereocenters. The second-order valence-electron chi connectivity index (χ2n) is 6.62. The molecule has 0 aliphatic carbocycles. The summed E-state index contributed by atoms with van der Waals surface area (Å²) in [5.74, 6) is 0. The Morgan fingerprint density at radius 2 is 1.81 bits per heavy atom. The average molecular weight is 386 g/mol. The molecule has 1 atom stereocenters. The quantitative estimate of drug-likeness (QED) is 0.633. The first-order chi connectivity index (χ1) is 12.8. The summed E-state index contributed by atoms with van der Waals surface area (Å²) < 4.78 is 28.2. The van der Waals surface area contributed by atoms with Crippen LogP contribution in [0.15, 0.2) is 59.6 Å². The van der Waals surface area contributed by atoms with E-state index < -0.39 is 16.1 Å². The van der Waals surface area contributed by atoms with Crippen LogP contribution in [-0.4, -0.2) is 48.4 Å². The van der Waals surface area contributed by atoms with E-state index in [0.717, 1.165) is 27.1 Å². The Balaban J connectivity index is 1.77. The normalized spacial score (nSPS) is 13.2. The van der Waals surface area contributed by atoms with E-state index in [1.165, 1.54) is 7.05 Å². The molecule has 1 N–H and O–H groups in total. The molecule has 0 spiro atoms. The molecule has 142 valence electrons. The van der Waals surface area contributed by atoms with Gasteiger partial charge in [0.1, 0.15) is 0 Å². The van der Waals surface area contributed by atoms with Gasteiger partial charge in [0.2, 0.25) is 10.0 Å². The fraction of sp³-hybridized carbons (Fsp3) is 0.250. The second kappa shape index (κ2) is 7.64. The summed E-state index contributed by atoms with van der Waals surface area (Å²) >= 11 is 0. The standard InChI is InChI=1S/C20H22N2O4S/c1-15-7-9-18(10-8-15)27(25,26)21(2)12-17(24)13-22-11-16(14-23)19-5-3-4-6-20(19)22/h3-11,14,17,24H,12-13H2,1-2H3. The van der Waals surface area contributed by atoms with E-state index in [4.69, 9.17) is 0 Å². The van der Waals surface area contributed by atoms with Gasteiger partial charge in [-0.3, -0.25) is 4.79 Å². The van der Waals surface area contributed by atoms with Crippen LogP contribution in [-0.2, 0) is 16.6 Å². The van der Waals surface area contributed by atoms with Gasteiger partial charge in [0.25, 0.3) is 0 Å². The summed E-state index contributed by atoms with van der Waals surface area (Å²) in [6, 6.07) is 14.0. The van der Waals surface area contributed by atoms with E-state index in [9.17, 15) is 18.3 Å². The highest BCUT2D eigenvalue weighted by Crippen LogP contribution is 2.21. The van der Waals surface area contributed by atoms with Gasteiger partial charge in [-0.25, -0.2) is 8.42 Å². The van der Waals surface area contributed by atoms with Crippen LogP contribution >= 0.6 is 0 Å². The van der Waals surface area contributed by atoms with Gasteiger partial charge >= 0.3 is 0 Å². The van der Waals surface area contributed by atoms with E-state index in [-0.39, 0.29) is 18.0 Å². The van der Waals surface area contributed by atoms with Crippen molar-refractivity contribution in [3.05, 3.63) is 65.9 Å². The van der Waals surface area contributed by atoms with E-state index >= 15 is 0 Å². The number of hydrogen-bond donors (Lipinski definition) is 1. The Morgan fingerprint density at radius 1 is 1.15 bits per heavy atom. The van der Waals surface area contributed by atoms with Gasteiger partial charge in [-0.05, 0) is 25.1 Å². The minimum absolute atomic E-state index is 0.0564. The number of carbonyl (C=O) groups excluding carboxylic acids is 1. The number of benzene rings is 2. The van der Waals surface area contributed by atoms with E-state index in [1.54, 1.807) is 35.0 Å². The smallest absolute Gasteiger partial charge is 0.242 e. The maximum Gasteiger partial charge on any atom is 0.242 e. The number of hydrogen-bond acceptors (Lipinski definition) is 4. The summed E-state index contributed by atoms with van der Waals surface area (Å²) in [5, 5.41) is 11.3. The molecule has 0 fully saturated rings. The number of sulfonamides is 1. The molecule has 0 saturated heterocycles. The lowest BCUT2D eigenvalue weighted by molar-refractivity contribution is 0.112. The Kier molecular flexibility index (Phi) is 5.46. The van der Waals surface area contributed by atoms with Crippen molar-refractivity contribution in [1.29, 1.82) is 0 Å². The predicted molar refractivity (Wildman–Crippen MR) is 104 cm³/mol. The lowest BCUT2D eigenvalue weighted by atomic mass is 10.2. The Bertz CT molecular complexity index is 1060. The van der Waals surface area contributed by atoms with E-state index in [2.05, 4.69) is 0 Å². The van der Waals surface area contributed by atoms with Crippen molar-refractivity contribution in [3.63, 3.8) is 0 Å². The lowest BCUT2D eigenvalue weighted by Gasteiger charge is -2.21. The first-order valence-electron chi connectivity index (χ1n) is 8.57. The van der Waals surface area contributed by atoms with Crippen molar-refractivity contribution in [2.45, 2.75) is 24.5 Å². The molecule has 1 heterocycles. The zero-order chi connectivity index (χ0) is 19.6. The number of fused-ring (bicyclic) bond motifs is 1. The number of rotatable bonds is 7. The first kappa shape index (κ1) is 19.3. The number of nitrogens with zero attached hydrogens (tertiary/aromatic N) is 2. The van der Waals surface area contributed by atoms with Crippen LogP contribution in [0.25, 0.3) is 10.9 Å². The minimum Gasteiger partial charge on any atom is -0.390 e. The third-order valence-electron chi connectivity index (χ3n) is 4.55. The van der Waals surface area contributed by atoms with E-state index in [1.807, 2.05) is 31.2 Å². The van der Waals surface area contributed by atoms with Crippen molar-refractivity contribution < 1.29 is 18.3 Å². The van der Waals surface area contributed by atoms with Crippen LogP contribution in [0.3, 0.4) is 0 Å². The largest absolute Gasteiger partial charge is 0.390 e. The monoisotopic (exact) mass is 386 g/mol. The number of para-hydroxylation sites is 1. The lowest BCUT2D eigenvalue weighted by Crippen LogP contribution is -2.36. The van der Waals surface area contributed by atoms with Crippen molar-refractivity contribution in [1.82, 2.24) is 8.87 Å². The van der Waals surface area contributed by atoms with Gasteiger partial charge in [-0.15, -0.1) is 0 Å². The van der Waals surface area contributed by atoms with Crippen LogP contribution in [0.5, 0.6) is 0 Å². The fourth-order valence-corrected chi connectivity index (χ4v) is 4.30. The molecule has 6 nitrogen and oxygen atoms in total. The molecule has 0 aliphatic rings. The molecule has 0 bridgehead atoms. The van der Waals surface area contributed by atoms with Gasteiger partial charge in [-0.1, -0.05) is 35.9 Å². The molecule has 27 heavy (non-hydrogen) atoms. The zero-order valence-corrected chi connectivity index (χ0v) is 16.1.